The molecule has 1 N–H and O–H groups in total. The van der Waals surface area contributed by atoms with Gasteiger partial charge in [-0.05, 0) is 32.4 Å². The van der Waals surface area contributed by atoms with Crippen molar-refractivity contribution in [2.45, 2.75) is 37.6 Å². The van der Waals surface area contributed by atoms with Gasteiger partial charge in [0.15, 0.2) is 11.0 Å². The molecular weight excluding hydrogens is 306 g/mol. The van der Waals surface area contributed by atoms with E-state index in [1.165, 1.54) is 5.56 Å². The third-order valence-electron chi connectivity index (χ3n) is 3.37. The van der Waals surface area contributed by atoms with Gasteiger partial charge in [0, 0.05) is 17.8 Å². The predicted octanol–water partition coefficient (Wildman–Crippen LogP) is 3.66. The maximum atomic E-state index is 4.60. The zero-order valence-electron chi connectivity index (χ0n) is 13.4. The highest BCUT2D eigenvalue weighted by Gasteiger charge is 2.15. The normalized spacial score (nSPS) is 12.3. The minimum atomic E-state index is 0.0944. The van der Waals surface area contributed by atoms with Crippen molar-refractivity contribution in [3.05, 3.63) is 65.0 Å². The molecule has 0 bridgehead atoms. The van der Waals surface area contributed by atoms with E-state index in [0.29, 0.717) is 0 Å². The molecule has 0 unspecified atom stereocenters. The fourth-order valence-corrected chi connectivity index (χ4v) is 3.24. The Morgan fingerprint density at radius 3 is 2.43 bits per heavy atom. The number of aromatic amines is 1. The van der Waals surface area contributed by atoms with Gasteiger partial charge in [-0.1, -0.05) is 42.1 Å². The molecule has 0 spiro atoms. The standard InChI is InChI=1S/C17H19N5S/c1-11-9-12(2)19-17(18-11)23-13(3)16-20-15(21-22-16)10-14-7-5-4-6-8-14/h4-9,13H,10H2,1-3H3,(H,20,21,22)/t13-/m1/s1. The Hall–Kier alpha value is -2.21. The molecule has 3 rings (SSSR count). The predicted molar refractivity (Wildman–Crippen MR) is 91.4 cm³/mol. The lowest BCUT2D eigenvalue weighted by Gasteiger charge is -2.07. The fourth-order valence-electron chi connectivity index (χ4n) is 2.32. The Bertz CT molecular complexity index is 764. The zero-order valence-corrected chi connectivity index (χ0v) is 14.3. The number of thioether (sulfide) groups is 1. The van der Waals surface area contributed by atoms with Gasteiger partial charge in [0.25, 0.3) is 0 Å². The first kappa shape index (κ1) is 15.7. The van der Waals surface area contributed by atoms with Crippen LogP contribution >= 0.6 is 11.8 Å². The molecular formula is C17H19N5S. The van der Waals surface area contributed by atoms with E-state index in [2.05, 4.69) is 44.2 Å². The Morgan fingerprint density at radius 2 is 1.74 bits per heavy atom. The van der Waals surface area contributed by atoms with Crippen molar-refractivity contribution in [1.29, 1.82) is 0 Å². The van der Waals surface area contributed by atoms with Crippen LogP contribution in [0.15, 0.2) is 41.6 Å². The number of nitrogens with one attached hydrogen (secondary N) is 1. The van der Waals surface area contributed by atoms with Gasteiger partial charge in [0.1, 0.15) is 5.82 Å². The summed E-state index contributed by atoms with van der Waals surface area (Å²) in [5.74, 6) is 1.66. The molecule has 0 aliphatic heterocycles. The van der Waals surface area contributed by atoms with E-state index < -0.39 is 0 Å². The summed E-state index contributed by atoms with van der Waals surface area (Å²) in [6.45, 7) is 6.03. The number of nitrogens with zero attached hydrogens (tertiary/aromatic N) is 4. The Balaban J connectivity index is 1.69. The van der Waals surface area contributed by atoms with Gasteiger partial charge in [-0.3, -0.25) is 5.10 Å². The molecule has 6 heteroatoms. The Labute approximate surface area is 140 Å². The largest absolute Gasteiger partial charge is 0.263 e. The van der Waals surface area contributed by atoms with Crippen LogP contribution in [0.4, 0.5) is 0 Å². The van der Waals surface area contributed by atoms with Crippen molar-refractivity contribution in [2.75, 3.05) is 0 Å². The second-order valence-electron chi connectivity index (χ2n) is 5.50. The van der Waals surface area contributed by atoms with Gasteiger partial charge in [0.05, 0.1) is 5.25 Å². The van der Waals surface area contributed by atoms with Gasteiger partial charge in [-0.2, -0.15) is 5.10 Å². The number of aryl methyl sites for hydroxylation is 2. The maximum Gasteiger partial charge on any atom is 0.188 e. The maximum absolute atomic E-state index is 4.60. The van der Waals surface area contributed by atoms with Crippen LogP contribution in [0.5, 0.6) is 0 Å². The van der Waals surface area contributed by atoms with Crippen LogP contribution in [-0.2, 0) is 6.42 Å². The highest BCUT2D eigenvalue weighted by atomic mass is 32.2. The SMILES string of the molecule is Cc1cc(C)nc(S[C@H](C)c2n[nH]c(Cc3ccccc3)n2)n1. The number of H-pyrrole nitrogens is 1. The average molecular weight is 325 g/mol. The van der Waals surface area contributed by atoms with Gasteiger partial charge >= 0.3 is 0 Å². The van der Waals surface area contributed by atoms with Crippen LogP contribution in [-0.4, -0.2) is 25.1 Å². The Morgan fingerprint density at radius 1 is 1.04 bits per heavy atom. The molecule has 118 valence electrons. The molecule has 0 fully saturated rings. The monoisotopic (exact) mass is 325 g/mol. The lowest BCUT2D eigenvalue weighted by atomic mass is 10.1. The molecule has 0 saturated carbocycles. The summed E-state index contributed by atoms with van der Waals surface area (Å²) in [6.07, 6.45) is 0.755. The van der Waals surface area contributed by atoms with E-state index >= 15 is 0 Å². The first-order chi connectivity index (χ1) is 11.1. The van der Waals surface area contributed by atoms with Gasteiger partial charge in [-0.25, -0.2) is 15.0 Å². The Kier molecular flexibility index (Phi) is 4.71. The van der Waals surface area contributed by atoms with Crippen LogP contribution < -0.4 is 0 Å². The number of benzene rings is 1. The summed E-state index contributed by atoms with van der Waals surface area (Å²) in [5, 5.41) is 8.23. The van der Waals surface area contributed by atoms with Crippen molar-refractivity contribution >= 4 is 11.8 Å². The van der Waals surface area contributed by atoms with Crippen molar-refractivity contribution in [3.63, 3.8) is 0 Å². The molecule has 0 aliphatic carbocycles. The summed E-state index contributed by atoms with van der Waals surface area (Å²) >= 11 is 1.58. The first-order valence-corrected chi connectivity index (χ1v) is 8.42. The fraction of sp³-hybridized carbons (Fsp3) is 0.294. The van der Waals surface area contributed by atoms with E-state index in [4.69, 9.17) is 0 Å². The molecule has 0 amide bonds. The highest BCUT2D eigenvalue weighted by molar-refractivity contribution is 7.99. The summed E-state index contributed by atoms with van der Waals surface area (Å²) in [4.78, 5) is 13.5. The number of hydrogen-bond acceptors (Lipinski definition) is 5. The molecule has 2 aromatic heterocycles. The third-order valence-corrected chi connectivity index (χ3v) is 4.33. The summed E-state index contributed by atoms with van der Waals surface area (Å²) in [7, 11) is 0. The molecule has 5 nitrogen and oxygen atoms in total. The average Bonchev–Trinajstić information content (AvgIpc) is 2.96. The lowest BCUT2D eigenvalue weighted by Crippen LogP contribution is -1.97. The second-order valence-corrected chi connectivity index (χ2v) is 6.80. The molecule has 1 atom stereocenters. The molecule has 23 heavy (non-hydrogen) atoms. The molecule has 0 aliphatic rings. The van der Waals surface area contributed by atoms with Gasteiger partial charge in [0.2, 0.25) is 0 Å². The topological polar surface area (TPSA) is 67.3 Å². The third kappa shape index (κ3) is 4.16. The van der Waals surface area contributed by atoms with E-state index in [-0.39, 0.29) is 5.25 Å². The quantitative estimate of drug-likeness (QED) is 0.573. The summed E-state index contributed by atoms with van der Waals surface area (Å²) in [6, 6.07) is 12.2. The molecule has 0 saturated heterocycles. The van der Waals surface area contributed by atoms with Crippen molar-refractivity contribution in [1.82, 2.24) is 25.1 Å². The van der Waals surface area contributed by atoms with Gasteiger partial charge in [-0.15, -0.1) is 0 Å². The summed E-state index contributed by atoms with van der Waals surface area (Å²) < 4.78 is 0. The molecule has 3 aromatic rings. The van der Waals surface area contributed by atoms with E-state index in [1.807, 2.05) is 38.1 Å². The second kappa shape index (κ2) is 6.91. The van der Waals surface area contributed by atoms with E-state index in [0.717, 1.165) is 34.6 Å². The van der Waals surface area contributed by atoms with E-state index in [9.17, 15) is 0 Å². The molecule has 1 aromatic carbocycles. The van der Waals surface area contributed by atoms with Crippen molar-refractivity contribution in [3.8, 4) is 0 Å². The number of rotatable bonds is 5. The minimum absolute atomic E-state index is 0.0944. The van der Waals surface area contributed by atoms with Crippen LogP contribution in [0.2, 0.25) is 0 Å². The van der Waals surface area contributed by atoms with Gasteiger partial charge < -0.3 is 0 Å². The van der Waals surface area contributed by atoms with Crippen LogP contribution in [0, 0.1) is 13.8 Å². The van der Waals surface area contributed by atoms with Crippen molar-refractivity contribution < 1.29 is 0 Å². The van der Waals surface area contributed by atoms with Crippen LogP contribution in [0.1, 0.15) is 40.8 Å². The highest BCUT2D eigenvalue weighted by Crippen LogP contribution is 2.30. The summed E-state index contributed by atoms with van der Waals surface area (Å²) in [5.41, 5.74) is 3.17. The van der Waals surface area contributed by atoms with Crippen LogP contribution in [0.25, 0.3) is 0 Å². The minimum Gasteiger partial charge on any atom is -0.263 e. The van der Waals surface area contributed by atoms with Crippen LogP contribution in [0.3, 0.4) is 0 Å². The number of aromatic nitrogens is 5. The zero-order chi connectivity index (χ0) is 16.2. The van der Waals surface area contributed by atoms with E-state index in [1.54, 1.807) is 11.8 Å². The first-order valence-electron chi connectivity index (χ1n) is 7.54. The van der Waals surface area contributed by atoms with Crippen molar-refractivity contribution in [2.24, 2.45) is 0 Å². The smallest absolute Gasteiger partial charge is 0.188 e. The number of hydrogen-bond donors (Lipinski definition) is 1. The molecule has 0 radical (unpaired) electrons. The lowest BCUT2D eigenvalue weighted by molar-refractivity contribution is 0.877. The molecule has 2 heterocycles.